The summed E-state index contributed by atoms with van der Waals surface area (Å²) >= 11 is 2.85. The highest BCUT2D eigenvalue weighted by Gasteiger charge is 2.16. The van der Waals surface area contributed by atoms with E-state index < -0.39 is 15.2 Å². The molecule has 11 heavy (non-hydrogen) atoms. The van der Waals surface area contributed by atoms with Gasteiger partial charge in [-0.15, -0.1) is 0 Å². The maximum absolute atomic E-state index is 12.3. The Balaban J connectivity index is 3.37. The van der Waals surface area contributed by atoms with Gasteiger partial charge in [0, 0.05) is 6.20 Å². The topological polar surface area (TPSA) is 47.0 Å². The summed E-state index contributed by atoms with van der Waals surface area (Å²) in [5.41, 5.74) is 0. The van der Waals surface area contributed by atoms with Crippen LogP contribution in [0.4, 0.5) is 3.89 Å². The second-order valence-corrected chi connectivity index (χ2v) is 3.84. The average Bonchev–Trinajstić information content (AvgIpc) is 1.86. The zero-order valence-corrected chi connectivity index (χ0v) is 7.56. The Morgan fingerprint density at radius 1 is 1.55 bits per heavy atom. The fourth-order valence-corrected chi connectivity index (χ4v) is 1.87. The van der Waals surface area contributed by atoms with Crippen LogP contribution in [0.5, 0.6) is 0 Å². The summed E-state index contributed by atoms with van der Waals surface area (Å²) in [5, 5.41) is -0.583. The molecule has 0 aliphatic carbocycles. The molecule has 0 saturated heterocycles. The average molecular weight is 240 g/mol. The minimum Gasteiger partial charge on any atom is -0.241 e. The van der Waals surface area contributed by atoms with Gasteiger partial charge in [-0.05, 0) is 28.1 Å². The Labute approximate surface area is 71.6 Å². The van der Waals surface area contributed by atoms with Gasteiger partial charge in [-0.1, -0.05) is 3.89 Å². The molecule has 0 unspecified atom stereocenters. The van der Waals surface area contributed by atoms with E-state index in [4.69, 9.17) is 0 Å². The quantitative estimate of drug-likeness (QED) is 0.699. The molecule has 0 radical (unpaired) electrons. The highest BCUT2D eigenvalue weighted by molar-refractivity contribution is 9.10. The fraction of sp³-hybridized carbons (Fsp3) is 0. The van der Waals surface area contributed by atoms with Crippen LogP contribution >= 0.6 is 15.9 Å². The van der Waals surface area contributed by atoms with E-state index in [1.54, 1.807) is 0 Å². The van der Waals surface area contributed by atoms with Crippen molar-refractivity contribution in [1.82, 2.24) is 4.98 Å². The van der Waals surface area contributed by atoms with Gasteiger partial charge < -0.3 is 0 Å². The highest BCUT2D eigenvalue weighted by Crippen LogP contribution is 2.19. The van der Waals surface area contributed by atoms with Crippen LogP contribution in [-0.2, 0) is 10.2 Å². The number of nitrogens with zero attached hydrogens (tertiary/aromatic N) is 1. The summed E-state index contributed by atoms with van der Waals surface area (Å²) in [4.78, 5) is 3.34. The monoisotopic (exact) mass is 239 g/mol. The van der Waals surface area contributed by atoms with Crippen LogP contribution < -0.4 is 0 Å². The van der Waals surface area contributed by atoms with Crippen LogP contribution in [-0.4, -0.2) is 13.4 Å². The lowest BCUT2D eigenvalue weighted by Gasteiger charge is -1.94. The van der Waals surface area contributed by atoms with Gasteiger partial charge in [0.1, 0.15) is 0 Å². The third-order valence-corrected chi connectivity index (χ3v) is 2.65. The van der Waals surface area contributed by atoms with E-state index in [-0.39, 0.29) is 4.47 Å². The van der Waals surface area contributed by atoms with E-state index in [9.17, 15) is 12.3 Å². The molecule has 0 aliphatic rings. The van der Waals surface area contributed by atoms with E-state index >= 15 is 0 Å². The van der Waals surface area contributed by atoms with Gasteiger partial charge >= 0.3 is 10.2 Å². The Hall–Kier alpha value is -0.490. The molecule has 0 aliphatic heterocycles. The molecule has 0 spiro atoms. The van der Waals surface area contributed by atoms with Crippen molar-refractivity contribution in [2.75, 3.05) is 0 Å². The van der Waals surface area contributed by atoms with Gasteiger partial charge in [0.2, 0.25) is 5.03 Å². The molecule has 0 aromatic carbocycles. The molecule has 1 heterocycles. The van der Waals surface area contributed by atoms with E-state index in [0.717, 1.165) is 0 Å². The summed E-state index contributed by atoms with van der Waals surface area (Å²) in [7, 11) is -4.69. The number of aromatic nitrogens is 1. The predicted molar refractivity (Wildman–Crippen MR) is 40.2 cm³/mol. The number of halogens is 2. The molecule has 1 aromatic rings. The normalized spacial score (nSPS) is 11.5. The lowest BCUT2D eigenvalue weighted by molar-refractivity contribution is 0.547. The molecule has 0 atom stereocenters. The molecule has 6 heteroatoms. The van der Waals surface area contributed by atoms with Crippen molar-refractivity contribution in [3.05, 3.63) is 22.8 Å². The fourth-order valence-electron chi connectivity index (χ4n) is 0.551. The molecule has 0 fully saturated rings. The Kier molecular flexibility index (Phi) is 2.24. The van der Waals surface area contributed by atoms with Gasteiger partial charge in [0.25, 0.3) is 0 Å². The third kappa shape index (κ3) is 1.97. The van der Waals surface area contributed by atoms with Crippen LogP contribution in [0.2, 0.25) is 0 Å². The van der Waals surface area contributed by atoms with Gasteiger partial charge in [-0.3, -0.25) is 0 Å². The second kappa shape index (κ2) is 2.86. The zero-order valence-electron chi connectivity index (χ0n) is 5.16. The molecule has 0 N–H and O–H groups in total. The van der Waals surface area contributed by atoms with Crippen molar-refractivity contribution < 1.29 is 12.3 Å². The van der Waals surface area contributed by atoms with Crippen molar-refractivity contribution in [1.29, 1.82) is 0 Å². The van der Waals surface area contributed by atoms with Gasteiger partial charge in [-0.25, -0.2) is 4.98 Å². The van der Waals surface area contributed by atoms with Crippen LogP contribution in [0.1, 0.15) is 0 Å². The summed E-state index contributed by atoms with van der Waals surface area (Å²) in [6.45, 7) is 0. The molecular weight excluding hydrogens is 237 g/mol. The minimum atomic E-state index is -4.69. The second-order valence-electron chi connectivity index (χ2n) is 1.73. The number of rotatable bonds is 1. The molecule has 1 rings (SSSR count). The van der Waals surface area contributed by atoms with Crippen LogP contribution in [0, 0.1) is 0 Å². The number of hydrogen-bond donors (Lipinski definition) is 0. The van der Waals surface area contributed by atoms with Crippen LogP contribution in [0.25, 0.3) is 0 Å². The molecule has 1 aromatic heterocycles. The number of hydrogen-bond acceptors (Lipinski definition) is 3. The van der Waals surface area contributed by atoms with E-state index in [1.165, 1.54) is 18.3 Å². The van der Waals surface area contributed by atoms with Crippen molar-refractivity contribution in [2.24, 2.45) is 0 Å². The summed E-state index contributed by atoms with van der Waals surface area (Å²) < 4.78 is 33.0. The first-order valence-corrected chi connectivity index (χ1v) is 4.74. The van der Waals surface area contributed by atoms with Crippen LogP contribution in [0.15, 0.2) is 27.8 Å². The highest BCUT2D eigenvalue weighted by atomic mass is 79.9. The molecule has 0 saturated carbocycles. The van der Waals surface area contributed by atoms with E-state index in [2.05, 4.69) is 20.9 Å². The maximum atomic E-state index is 12.3. The lowest BCUT2D eigenvalue weighted by Crippen LogP contribution is -1.96. The first-order chi connectivity index (χ1) is 5.02. The van der Waals surface area contributed by atoms with Crippen molar-refractivity contribution in [3.8, 4) is 0 Å². The molecule has 3 nitrogen and oxygen atoms in total. The molecule has 0 bridgehead atoms. The molecule has 60 valence electrons. The Morgan fingerprint density at radius 2 is 2.18 bits per heavy atom. The maximum Gasteiger partial charge on any atom is 0.350 e. The van der Waals surface area contributed by atoms with Gasteiger partial charge in [0.05, 0.1) is 4.47 Å². The Morgan fingerprint density at radius 3 is 2.55 bits per heavy atom. The van der Waals surface area contributed by atoms with Crippen molar-refractivity contribution >= 4 is 26.2 Å². The van der Waals surface area contributed by atoms with Crippen molar-refractivity contribution in [3.63, 3.8) is 0 Å². The first-order valence-electron chi connectivity index (χ1n) is 2.57. The summed E-state index contributed by atoms with van der Waals surface area (Å²) in [6, 6.07) is 2.90. The largest absolute Gasteiger partial charge is 0.350 e. The molecule has 0 amide bonds. The SMILES string of the molecule is O=S(=O)(F)c1ncccc1Br. The smallest absolute Gasteiger partial charge is 0.241 e. The standard InChI is InChI=1S/C5H3BrFNO2S/c6-4-2-1-3-8-5(4)11(7,9)10/h1-3H. The third-order valence-electron chi connectivity index (χ3n) is 0.956. The summed E-state index contributed by atoms with van der Waals surface area (Å²) in [5.74, 6) is 0. The minimum absolute atomic E-state index is 0.127. The lowest BCUT2D eigenvalue weighted by atomic mass is 10.5. The van der Waals surface area contributed by atoms with E-state index in [0.29, 0.717) is 0 Å². The number of pyridine rings is 1. The zero-order chi connectivity index (χ0) is 8.48. The molecular formula is C5H3BrFNO2S. The first kappa shape index (κ1) is 8.61. The summed E-state index contributed by atoms with van der Waals surface area (Å²) in [6.07, 6.45) is 1.21. The Bertz CT molecular complexity index is 365. The van der Waals surface area contributed by atoms with Gasteiger partial charge in [-0.2, -0.15) is 8.42 Å². The van der Waals surface area contributed by atoms with Crippen molar-refractivity contribution in [2.45, 2.75) is 5.03 Å². The predicted octanol–water partition coefficient (Wildman–Crippen LogP) is 1.50. The van der Waals surface area contributed by atoms with Crippen LogP contribution in [0.3, 0.4) is 0 Å². The van der Waals surface area contributed by atoms with Gasteiger partial charge in [0.15, 0.2) is 0 Å². The van der Waals surface area contributed by atoms with E-state index in [1.807, 2.05) is 0 Å².